The number of hydrogen-bond donors (Lipinski definition) is 1. The van der Waals surface area contributed by atoms with Gasteiger partial charge in [-0.15, -0.1) is 0 Å². The molecule has 0 fully saturated rings. The van der Waals surface area contributed by atoms with E-state index in [1.54, 1.807) is 17.7 Å². The first-order valence-corrected chi connectivity index (χ1v) is 8.16. The maximum absolute atomic E-state index is 13.9. The molecule has 25 heavy (non-hydrogen) atoms. The molecule has 3 heterocycles. The highest BCUT2D eigenvalue weighted by Crippen LogP contribution is 2.29. The molecule has 2 N–H and O–H groups in total. The van der Waals surface area contributed by atoms with Crippen molar-refractivity contribution >= 4 is 22.6 Å². The van der Waals surface area contributed by atoms with E-state index in [1.807, 2.05) is 24.3 Å². The third kappa shape index (κ3) is 2.64. The second-order valence-corrected chi connectivity index (χ2v) is 6.25. The van der Waals surface area contributed by atoms with Crippen LogP contribution in [0.25, 0.3) is 22.6 Å². The number of nitrogens with two attached hydrogens (primary N) is 1. The van der Waals surface area contributed by atoms with Crippen LogP contribution in [-0.2, 0) is 6.54 Å². The Labute approximate surface area is 143 Å². The number of nitrogens with zero attached hydrogens (tertiary/aromatic N) is 3. The van der Waals surface area contributed by atoms with Gasteiger partial charge in [-0.2, -0.15) is 0 Å². The highest BCUT2D eigenvalue weighted by atomic mass is 19.1. The molecule has 0 bridgehead atoms. The number of allylic oxidation sites excluding steroid dienone is 1. The fraction of sp³-hybridized carbons (Fsp3) is 0.211. The molecule has 0 spiro atoms. The molecule has 0 radical (unpaired) electrons. The second-order valence-electron chi connectivity index (χ2n) is 6.25. The van der Waals surface area contributed by atoms with Gasteiger partial charge in [-0.1, -0.05) is 6.07 Å². The lowest BCUT2D eigenvalue weighted by Crippen LogP contribution is -2.22. The summed E-state index contributed by atoms with van der Waals surface area (Å²) in [7, 11) is 0. The van der Waals surface area contributed by atoms with Crippen molar-refractivity contribution in [2.45, 2.75) is 25.9 Å². The topological polar surface area (TPSA) is 73.8 Å². The van der Waals surface area contributed by atoms with E-state index in [-0.39, 0.29) is 10.9 Å². The molecule has 0 aliphatic carbocycles. The molecule has 1 atom stereocenters. The van der Waals surface area contributed by atoms with Gasteiger partial charge in [-0.25, -0.2) is 9.37 Å². The molecule has 1 aliphatic heterocycles. The summed E-state index contributed by atoms with van der Waals surface area (Å²) in [5.41, 5.74) is 8.50. The quantitative estimate of drug-likeness (QED) is 0.781. The van der Waals surface area contributed by atoms with Crippen LogP contribution in [0.5, 0.6) is 0 Å². The number of fused-ring (bicyclic) bond motifs is 2. The van der Waals surface area contributed by atoms with Crippen molar-refractivity contribution in [1.29, 1.82) is 0 Å². The molecule has 5 nitrogen and oxygen atoms in total. The number of benzene rings is 1. The molecule has 3 aromatic rings. The van der Waals surface area contributed by atoms with Crippen LogP contribution in [0, 0.1) is 5.82 Å². The highest BCUT2D eigenvalue weighted by Gasteiger charge is 2.23. The van der Waals surface area contributed by atoms with E-state index in [0.29, 0.717) is 29.9 Å². The van der Waals surface area contributed by atoms with Gasteiger partial charge in [-0.05, 0) is 54.8 Å². The zero-order valence-electron chi connectivity index (χ0n) is 13.7. The van der Waals surface area contributed by atoms with Crippen molar-refractivity contribution in [3.05, 3.63) is 69.8 Å². The van der Waals surface area contributed by atoms with Crippen molar-refractivity contribution in [1.82, 2.24) is 14.5 Å². The second kappa shape index (κ2) is 5.89. The average Bonchev–Trinajstić information content (AvgIpc) is 2.99. The molecule has 0 saturated heterocycles. The van der Waals surface area contributed by atoms with Crippen LogP contribution in [-0.4, -0.2) is 14.5 Å². The summed E-state index contributed by atoms with van der Waals surface area (Å²) in [4.78, 5) is 21.8. The molecule has 0 amide bonds. The molecule has 1 aliphatic rings. The Morgan fingerprint density at radius 1 is 1.36 bits per heavy atom. The first kappa shape index (κ1) is 15.7. The average molecular weight is 336 g/mol. The standard InChI is InChI=1S/C19H17FN4O/c1-11(21)15-9-13(20)10-16-17(15)23-18-12(5-7-24(18)19(16)25)8-14-4-2-3-6-22-14/h2-4,6,8-11H,5,7,21H2,1H3/t11-/m1/s1. The highest BCUT2D eigenvalue weighted by molar-refractivity contribution is 5.86. The van der Waals surface area contributed by atoms with Gasteiger partial charge in [0, 0.05) is 18.8 Å². The maximum Gasteiger partial charge on any atom is 0.261 e. The molecule has 1 aromatic carbocycles. The number of halogens is 1. The summed E-state index contributed by atoms with van der Waals surface area (Å²) in [5, 5.41) is 0.273. The van der Waals surface area contributed by atoms with Gasteiger partial charge < -0.3 is 5.73 Å². The fourth-order valence-corrected chi connectivity index (χ4v) is 3.24. The van der Waals surface area contributed by atoms with Gasteiger partial charge in [0.05, 0.1) is 16.6 Å². The van der Waals surface area contributed by atoms with Crippen LogP contribution in [0.15, 0.2) is 41.3 Å². The van der Waals surface area contributed by atoms with Crippen molar-refractivity contribution in [3.63, 3.8) is 0 Å². The van der Waals surface area contributed by atoms with E-state index in [2.05, 4.69) is 9.97 Å². The normalized spacial score (nSPS) is 16.4. The Morgan fingerprint density at radius 3 is 2.92 bits per heavy atom. The first-order valence-electron chi connectivity index (χ1n) is 8.16. The van der Waals surface area contributed by atoms with Crippen LogP contribution >= 0.6 is 0 Å². The third-order valence-corrected chi connectivity index (χ3v) is 4.45. The van der Waals surface area contributed by atoms with Gasteiger partial charge in [0.1, 0.15) is 11.6 Å². The minimum atomic E-state index is -0.471. The summed E-state index contributed by atoms with van der Waals surface area (Å²) in [6.07, 6.45) is 4.34. The van der Waals surface area contributed by atoms with Gasteiger partial charge >= 0.3 is 0 Å². The smallest absolute Gasteiger partial charge is 0.261 e. The summed E-state index contributed by atoms with van der Waals surface area (Å²) in [5.74, 6) is 0.137. The van der Waals surface area contributed by atoms with Gasteiger partial charge in [0.15, 0.2) is 0 Å². The SMILES string of the molecule is C[C@@H](N)c1cc(F)cc2c(=O)n3c(nc12)C(=Cc1ccccn1)CC3. The first-order chi connectivity index (χ1) is 12.0. The lowest BCUT2D eigenvalue weighted by atomic mass is 10.0. The Bertz CT molecular complexity index is 1050. The van der Waals surface area contributed by atoms with Crippen LogP contribution in [0.2, 0.25) is 0 Å². The molecule has 126 valence electrons. The van der Waals surface area contributed by atoms with Crippen LogP contribution < -0.4 is 11.3 Å². The monoisotopic (exact) mass is 336 g/mol. The van der Waals surface area contributed by atoms with E-state index in [9.17, 15) is 9.18 Å². The van der Waals surface area contributed by atoms with Gasteiger partial charge in [0.2, 0.25) is 0 Å². The summed E-state index contributed by atoms with van der Waals surface area (Å²) in [6, 6.07) is 7.84. The number of hydrogen-bond acceptors (Lipinski definition) is 4. The van der Waals surface area contributed by atoms with Crippen molar-refractivity contribution in [2.24, 2.45) is 5.73 Å². The molecule has 4 rings (SSSR count). The summed E-state index contributed by atoms with van der Waals surface area (Å²) >= 11 is 0. The van der Waals surface area contributed by atoms with Crippen LogP contribution in [0.4, 0.5) is 4.39 Å². The van der Waals surface area contributed by atoms with E-state index in [0.717, 1.165) is 11.3 Å². The lowest BCUT2D eigenvalue weighted by molar-refractivity contribution is 0.623. The fourth-order valence-electron chi connectivity index (χ4n) is 3.24. The Morgan fingerprint density at radius 2 is 2.20 bits per heavy atom. The van der Waals surface area contributed by atoms with Crippen molar-refractivity contribution < 1.29 is 4.39 Å². The zero-order valence-corrected chi connectivity index (χ0v) is 13.7. The van der Waals surface area contributed by atoms with Crippen molar-refractivity contribution in [2.75, 3.05) is 0 Å². The van der Waals surface area contributed by atoms with Crippen LogP contribution in [0.1, 0.15) is 36.5 Å². The van der Waals surface area contributed by atoms with Crippen LogP contribution in [0.3, 0.4) is 0 Å². The predicted octanol–water partition coefficient (Wildman–Crippen LogP) is 2.89. The van der Waals surface area contributed by atoms with Crippen molar-refractivity contribution in [3.8, 4) is 0 Å². The molecular weight excluding hydrogens is 319 g/mol. The van der Waals surface area contributed by atoms with Gasteiger partial charge in [0.25, 0.3) is 5.56 Å². The predicted molar refractivity (Wildman–Crippen MR) is 95.3 cm³/mol. The minimum absolute atomic E-state index is 0.231. The molecule has 0 saturated carbocycles. The molecule has 6 heteroatoms. The Hall–Kier alpha value is -2.86. The summed E-state index contributed by atoms with van der Waals surface area (Å²) in [6.45, 7) is 2.28. The van der Waals surface area contributed by atoms with E-state index >= 15 is 0 Å². The Kier molecular flexibility index (Phi) is 3.69. The Balaban J connectivity index is 1.98. The number of aromatic nitrogens is 3. The number of rotatable bonds is 2. The molecular formula is C19H17FN4O. The maximum atomic E-state index is 13.9. The molecule has 0 unspecified atom stereocenters. The van der Waals surface area contributed by atoms with E-state index < -0.39 is 11.9 Å². The van der Waals surface area contributed by atoms with E-state index in [4.69, 9.17) is 5.73 Å². The van der Waals surface area contributed by atoms with Gasteiger partial charge in [-0.3, -0.25) is 14.3 Å². The summed E-state index contributed by atoms with van der Waals surface area (Å²) < 4.78 is 15.5. The molecule has 2 aromatic heterocycles. The minimum Gasteiger partial charge on any atom is -0.324 e. The third-order valence-electron chi connectivity index (χ3n) is 4.45. The number of pyridine rings is 1. The zero-order chi connectivity index (χ0) is 17.6. The lowest BCUT2D eigenvalue weighted by Gasteiger charge is -2.12. The van der Waals surface area contributed by atoms with E-state index in [1.165, 1.54) is 12.1 Å². The largest absolute Gasteiger partial charge is 0.324 e.